The van der Waals surface area contributed by atoms with Crippen molar-refractivity contribution in [2.75, 3.05) is 0 Å². The first kappa shape index (κ1) is 13.3. The summed E-state index contributed by atoms with van der Waals surface area (Å²) in [4.78, 5) is 21.8. The van der Waals surface area contributed by atoms with Crippen molar-refractivity contribution in [2.45, 2.75) is 6.92 Å². The van der Waals surface area contributed by atoms with Crippen LogP contribution in [0.4, 0.5) is 0 Å². The van der Waals surface area contributed by atoms with Crippen LogP contribution in [0.2, 0.25) is 0 Å². The van der Waals surface area contributed by atoms with Gasteiger partial charge >= 0.3 is 5.97 Å². The molecule has 0 heterocycles. The van der Waals surface area contributed by atoms with Gasteiger partial charge in [-0.25, -0.2) is 0 Å². The Morgan fingerprint density at radius 2 is 1.37 bits per heavy atom. The fourth-order valence-electron chi connectivity index (χ4n) is 1.68. The van der Waals surface area contributed by atoms with Crippen molar-refractivity contribution >= 4 is 22.8 Å². The zero-order chi connectivity index (χ0) is 13.8. The molecule has 0 radical (unpaired) electrons. The molecule has 2 aromatic rings. The summed E-state index contributed by atoms with van der Waals surface area (Å²) in [5.41, 5.74) is 2.38. The number of hydrogen-bond donors (Lipinski definition) is 0. The van der Waals surface area contributed by atoms with Crippen molar-refractivity contribution in [1.29, 1.82) is 0 Å². The van der Waals surface area contributed by atoms with E-state index in [1.54, 1.807) is 24.3 Å². The first-order valence-electron chi connectivity index (χ1n) is 5.65. The molecule has 0 aromatic heterocycles. The SMILES string of the molecule is CC(=O)Oc1ccc(-c2ccc(C(=O)Cl)cc2)cc1. The van der Waals surface area contributed by atoms with Crippen LogP contribution in [-0.2, 0) is 4.79 Å². The maximum atomic E-state index is 11.0. The van der Waals surface area contributed by atoms with Crippen LogP contribution < -0.4 is 4.74 Å². The average Bonchev–Trinajstić information content (AvgIpc) is 2.39. The lowest BCUT2D eigenvalue weighted by molar-refractivity contribution is -0.131. The van der Waals surface area contributed by atoms with E-state index in [1.165, 1.54) is 6.92 Å². The van der Waals surface area contributed by atoms with E-state index in [2.05, 4.69) is 0 Å². The maximum absolute atomic E-state index is 11.0. The lowest BCUT2D eigenvalue weighted by Gasteiger charge is -2.04. The molecule has 2 rings (SSSR count). The van der Waals surface area contributed by atoms with Gasteiger partial charge < -0.3 is 4.74 Å². The Morgan fingerprint density at radius 3 is 1.79 bits per heavy atom. The Labute approximate surface area is 115 Å². The first-order chi connectivity index (χ1) is 9.06. The second kappa shape index (κ2) is 5.67. The number of esters is 1. The zero-order valence-corrected chi connectivity index (χ0v) is 11.0. The molecule has 0 saturated heterocycles. The van der Waals surface area contributed by atoms with E-state index in [-0.39, 0.29) is 5.97 Å². The molecule has 0 aliphatic heterocycles. The fourth-order valence-corrected chi connectivity index (χ4v) is 1.80. The van der Waals surface area contributed by atoms with E-state index in [4.69, 9.17) is 16.3 Å². The molecule has 0 N–H and O–H groups in total. The summed E-state index contributed by atoms with van der Waals surface area (Å²) in [6.45, 7) is 1.36. The van der Waals surface area contributed by atoms with Gasteiger partial charge in [0.2, 0.25) is 0 Å². The van der Waals surface area contributed by atoms with E-state index in [0.29, 0.717) is 11.3 Å². The van der Waals surface area contributed by atoms with Gasteiger partial charge in [-0.15, -0.1) is 0 Å². The van der Waals surface area contributed by atoms with E-state index in [1.807, 2.05) is 24.3 Å². The maximum Gasteiger partial charge on any atom is 0.308 e. The lowest BCUT2D eigenvalue weighted by Crippen LogP contribution is -2.00. The van der Waals surface area contributed by atoms with Crippen molar-refractivity contribution in [3.63, 3.8) is 0 Å². The number of carbonyl (C=O) groups is 2. The molecule has 0 saturated carbocycles. The van der Waals surface area contributed by atoms with Gasteiger partial charge in [0.15, 0.2) is 0 Å². The molecule has 0 aliphatic rings. The molecule has 2 aromatic carbocycles. The molecule has 0 atom stereocenters. The van der Waals surface area contributed by atoms with Gasteiger partial charge in [0.05, 0.1) is 0 Å². The highest BCUT2D eigenvalue weighted by molar-refractivity contribution is 6.67. The van der Waals surface area contributed by atoms with Crippen LogP contribution in [0.1, 0.15) is 17.3 Å². The largest absolute Gasteiger partial charge is 0.427 e. The minimum absolute atomic E-state index is 0.349. The van der Waals surface area contributed by atoms with Crippen molar-refractivity contribution in [1.82, 2.24) is 0 Å². The van der Waals surface area contributed by atoms with Gasteiger partial charge in [0.1, 0.15) is 5.75 Å². The number of halogens is 1. The Bertz CT molecular complexity index is 600. The third-order valence-corrected chi connectivity index (χ3v) is 2.78. The summed E-state index contributed by atoms with van der Waals surface area (Å²) in [6, 6.07) is 14.1. The minimum atomic E-state index is -0.475. The predicted molar refractivity (Wildman–Crippen MR) is 73.4 cm³/mol. The predicted octanol–water partition coefficient (Wildman–Crippen LogP) is 3.66. The topological polar surface area (TPSA) is 43.4 Å². The van der Waals surface area contributed by atoms with E-state index in [0.717, 1.165) is 11.1 Å². The van der Waals surface area contributed by atoms with Crippen LogP contribution in [0.25, 0.3) is 11.1 Å². The Hall–Kier alpha value is -2.13. The number of ether oxygens (including phenoxy) is 1. The Balaban J connectivity index is 2.22. The van der Waals surface area contributed by atoms with E-state index in [9.17, 15) is 9.59 Å². The normalized spacial score (nSPS) is 10.0. The fraction of sp³-hybridized carbons (Fsp3) is 0.0667. The van der Waals surface area contributed by atoms with Crippen LogP contribution >= 0.6 is 11.6 Å². The summed E-state index contributed by atoms with van der Waals surface area (Å²) in [6.07, 6.45) is 0. The van der Waals surface area contributed by atoms with Gasteiger partial charge in [-0.05, 0) is 47.0 Å². The lowest BCUT2D eigenvalue weighted by atomic mass is 10.0. The van der Waals surface area contributed by atoms with Gasteiger partial charge in [0, 0.05) is 12.5 Å². The standard InChI is InChI=1S/C15H11ClO3/c1-10(17)19-14-8-6-12(7-9-14)11-2-4-13(5-3-11)15(16)18/h2-9H,1H3. The number of benzene rings is 2. The molecular weight excluding hydrogens is 264 g/mol. The summed E-state index contributed by atoms with van der Waals surface area (Å²) >= 11 is 5.38. The molecule has 96 valence electrons. The molecule has 0 fully saturated rings. The van der Waals surface area contributed by atoms with Crippen LogP contribution in [0.15, 0.2) is 48.5 Å². The zero-order valence-electron chi connectivity index (χ0n) is 10.2. The molecule has 3 nitrogen and oxygen atoms in total. The summed E-state index contributed by atoms with van der Waals surface area (Å²) < 4.78 is 4.95. The molecule has 0 unspecified atom stereocenters. The van der Waals surface area contributed by atoms with E-state index >= 15 is 0 Å². The second-order valence-corrected chi connectivity index (χ2v) is 4.31. The molecular formula is C15H11ClO3. The smallest absolute Gasteiger partial charge is 0.308 e. The van der Waals surface area contributed by atoms with Crippen molar-refractivity contribution in [2.24, 2.45) is 0 Å². The summed E-state index contributed by atoms with van der Waals surface area (Å²) in [7, 11) is 0. The Kier molecular flexibility index (Phi) is 3.97. The third kappa shape index (κ3) is 3.42. The van der Waals surface area contributed by atoms with Crippen molar-refractivity contribution in [3.05, 3.63) is 54.1 Å². The van der Waals surface area contributed by atoms with Crippen LogP contribution in [0.5, 0.6) is 5.75 Å². The monoisotopic (exact) mass is 274 g/mol. The minimum Gasteiger partial charge on any atom is -0.427 e. The summed E-state index contributed by atoms with van der Waals surface area (Å²) in [5, 5.41) is -0.475. The van der Waals surface area contributed by atoms with Gasteiger partial charge in [0.25, 0.3) is 5.24 Å². The van der Waals surface area contributed by atoms with Gasteiger partial charge in [-0.2, -0.15) is 0 Å². The molecule has 0 aliphatic carbocycles. The molecule has 19 heavy (non-hydrogen) atoms. The van der Waals surface area contributed by atoms with E-state index < -0.39 is 5.24 Å². The van der Waals surface area contributed by atoms with Gasteiger partial charge in [-0.3, -0.25) is 9.59 Å². The summed E-state index contributed by atoms with van der Waals surface area (Å²) in [5.74, 6) is 0.154. The third-order valence-electron chi connectivity index (χ3n) is 2.56. The van der Waals surface area contributed by atoms with Crippen LogP contribution in [0.3, 0.4) is 0 Å². The van der Waals surface area contributed by atoms with Gasteiger partial charge in [-0.1, -0.05) is 24.3 Å². The molecule has 0 amide bonds. The molecule has 0 bridgehead atoms. The molecule has 4 heteroatoms. The highest BCUT2D eigenvalue weighted by Crippen LogP contribution is 2.23. The van der Waals surface area contributed by atoms with Crippen LogP contribution in [0, 0.1) is 0 Å². The average molecular weight is 275 g/mol. The quantitative estimate of drug-likeness (QED) is 0.487. The highest BCUT2D eigenvalue weighted by Gasteiger charge is 2.03. The number of hydrogen-bond acceptors (Lipinski definition) is 3. The Morgan fingerprint density at radius 1 is 0.895 bits per heavy atom. The van der Waals surface area contributed by atoms with Crippen molar-refractivity contribution < 1.29 is 14.3 Å². The second-order valence-electron chi connectivity index (χ2n) is 3.97. The molecule has 0 spiro atoms. The van der Waals surface area contributed by atoms with Crippen molar-refractivity contribution in [3.8, 4) is 16.9 Å². The number of rotatable bonds is 3. The first-order valence-corrected chi connectivity index (χ1v) is 6.03. The highest BCUT2D eigenvalue weighted by atomic mass is 35.5. The van der Waals surface area contributed by atoms with Crippen LogP contribution in [-0.4, -0.2) is 11.2 Å². The number of carbonyl (C=O) groups excluding carboxylic acids is 2.